The zero-order chi connectivity index (χ0) is 19.9. The number of hydrogen-bond donors (Lipinski definition) is 0. The lowest BCUT2D eigenvalue weighted by Gasteiger charge is -2.24. The normalized spacial score (nSPS) is 12.7. The van der Waals surface area contributed by atoms with Gasteiger partial charge in [-0.05, 0) is 41.7 Å². The molecule has 0 saturated heterocycles. The second kappa shape index (κ2) is 6.68. The Hall–Kier alpha value is -3.33. The first-order valence-electron chi connectivity index (χ1n) is 8.71. The summed E-state index contributed by atoms with van der Waals surface area (Å²) in [7, 11) is 1.43. The van der Waals surface area contributed by atoms with E-state index in [-0.39, 0.29) is 11.4 Å². The van der Waals surface area contributed by atoms with E-state index < -0.39 is 11.7 Å². The second-order valence-corrected chi connectivity index (χ2v) is 6.54. The van der Waals surface area contributed by atoms with E-state index in [2.05, 4.69) is 11.1 Å². The lowest BCUT2D eigenvalue weighted by molar-refractivity contribution is -0.137. The van der Waals surface area contributed by atoms with Crippen molar-refractivity contribution < 1.29 is 17.9 Å². The molecule has 1 aliphatic rings. The quantitative estimate of drug-likeness (QED) is 0.597. The van der Waals surface area contributed by atoms with Crippen LogP contribution in [0.2, 0.25) is 0 Å². The van der Waals surface area contributed by atoms with Crippen molar-refractivity contribution in [3.8, 4) is 34.3 Å². The first-order valence-corrected chi connectivity index (χ1v) is 8.71. The summed E-state index contributed by atoms with van der Waals surface area (Å²) in [4.78, 5) is 4.56. The molecule has 0 aliphatic heterocycles. The van der Waals surface area contributed by atoms with Crippen molar-refractivity contribution in [2.45, 2.75) is 19.0 Å². The molecule has 0 amide bonds. The molecule has 4 rings (SSSR count). The van der Waals surface area contributed by atoms with E-state index in [1.54, 1.807) is 0 Å². The molecule has 3 nitrogen and oxygen atoms in total. The van der Waals surface area contributed by atoms with Crippen LogP contribution in [0.5, 0.6) is 5.88 Å². The van der Waals surface area contributed by atoms with Crippen molar-refractivity contribution in [3.05, 3.63) is 70.8 Å². The van der Waals surface area contributed by atoms with E-state index in [1.807, 2.05) is 24.3 Å². The van der Waals surface area contributed by atoms with Gasteiger partial charge in [0.1, 0.15) is 11.6 Å². The molecule has 1 aromatic heterocycles. The van der Waals surface area contributed by atoms with Crippen LogP contribution in [0.1, 0.15) is 22.3 Å². The summed E-state index contributed by atoms with van der Waals surface area (Å²) in [6, 6.07) is 14.9. The molecule has 0 spiro atoms. The summed E-state index contributed by atoms with van der Waals surface area (Å²) in [6.07, 6.45) is -2.99. The van der Waals surface area contributed by atoms with E-state index >= 15 is 0 Å². The smallest absolute Gasteiger partial charge is 0.416 e. The molecule has 1 aliphatic carbocycles. The first-order chi connectivity index (χ1) is 13.4. The van der Waals surface area contributed by atoms with Gasteiger partial charge in [0.05, 0.1) is 18.4 Å². The number of pyridine rings is 1. The average Bonchev–Trinajstić information content (AvgIpc) is 2.71. The van der Waals surface area contributed by atoms with Gasteiger partial charge in [0.2, 0.25) is 5.88 Å². The fourth-order valence-electron chi connectivity index (χ4n) is 3.69. The van der Waals surface area contributed by atoms with Crippen molar-refractivity contribution >= 4 is 0 Å². The summed E-state index contributed by atoms with van der Waals surface area (Å²) in [6.45, 7) is 0. The zero-order valence-corrected chi connectivity index (χ0v) is 15.0. The van der Waals surface area contributed by atoms with Gasteiger partial charge in [0, 0.05) is 11.1 Å². The largest absolute Gasteiger partial charge is 0.480 e. The van der Waals surface area contributed by atoms with Crippen LogP contribution in [-0.4, -0.2) is 12.1 Å². The van der Waals surface area contributed by atoms with Gasteiger partial charge < -0.3 is 4.74 Å². The van der Waals surface area contributed by atoms with Crippen molar-refractivity contribution in [2.24, 2.45) is 0 Å². The molecule has 2 aromatic carbocycles. The topological polar surface area (TPSA) is 45.9 Å². The van der Waals surface area contributed by atoms with Gasteiger partial charge in [-0.1, -0.05) is 36.4 Å². The SMILES string of the molecule is COc1nc2c(c(-c3ccc(C(F)(F)F)cc3)c1C#N)CCc1ccccc1-2. The van der Waals surface area contributed by atoms with Gasteiger partial charge >= 0.3 is 6.18 Å². The van der Waals surface area contributed by atoms with Gasteiger partial charge in [-0.2, -0.15) is 18.4 Å². The highest BCUT2D eigenvalue weighted by molar-refractivity contribution is 5.84. The number of benzene rings is 2. The average molecular weight is 380 g/mol. The monoisotopic (exact) mass is 380 g/mol. The van der Waals surface area contributed by atoms with Crippen LogP contribution < -0.4 is 4.74 Å². The Morgan fingerprint density at radius 1 is 1.04 bits per heavy atom. The maximum atomic E-state index is 12.9. The van der Waals surface area contributed by atoms with Gasteiger partial charge in [-0.15, -0.1) is 0 Å². The molecular weight excluding hydrogens is 365 g/mol. The molecule has 0 radical (unpaired) electrons. The molecule has 0 N–H and O–H groups in total. The van der Waals surface area contributed by atoms with Crippen LogP contribution in [0.3, 0.4) is 0 Å². The molecule has 0 saturated carbocycles. The molecule has 0 bridgehead atoms. The number of alkyl halides is 3. The third-order valence-corrected chi connectivity index (χ3v) is 4.99. The number of halogens is 3. The highest BCUT2D eigenvalue weighted by Gasteiger charge is 2.31. The van der Waals surface area contributed by atoms with Gasteiger partial charge in [0.25, 0.3) is 0 Å². The minimum Gasteiger partial charge on any atom is -0.480 e. The molecule has 0 unspecified atom stereocenters. The summed E-state index contributed by atoms with van der Waals surface area (Å²) >= 11 is 0. The van der Waals surface area contributed by atoms with Crippen LogP contribution in [0.4, 0.5) is 13.2 Å². The van der Waals surface area contributed by atoms with E-state index in [1.165, 1.54) is 19.2 Å². The molecule has 1 heterocycles. The number of hydrogen-bond acceptors (Lipinski definition) is 3. The Morgan fingerprint density at radius 2 is 1.75 bits per heavy atom. The summed E-state index contributed by atoms with van der Waals surface area (Å²) in [5.74, 6) is 0.174. The predicted molar refractivity (Wildman–Crippen MR) is 98.8 cm³/mol. The number of nitrogens with zero attached hydrogens (tertiary/aromatic N) is 2. The summed E-state index contributed by atoms with van der Waals surface area (Å²) in [5, 5.41) is 9.72. The lowest BCUT2D eigenvalue weighted by atomic mass is 9.83. The van der Waals surface area contributed by atoms with Crippen LogP contribution in [0.15, 0.2) is 48.5 Å². The Morgan fingerprint density at radius 3 is 2.39 bits per heavy atom. The number of fused-ring (bicyclic) bond motifs is 3. The highest BCUT2D eigenvalue weighted by atomic mass is 19.4. The Kier molecular flexibility index (Phi) is 4.31. The fourth-order valence-corrected chi connectivity index (χ4v) is 3.69. The zero-order valence-electron chi connectivity index (χ0n) is 15.0. The van der Waals surface area contributed by atoms with Crippen molar-refractivity contribution in [1.82, 2.24) is 4.98 Å². The van der Waals surface area contributed by atoms with Gasteiger partial charge in [-0.3, -0.25) is 0 Å². The molecule has 140 valence electrons. The Labute approximate surface area is 160 Å². The maximum absolute atomic E-state index is 12.9. The lowest BCUT2D eigenvalue weighted by Crippen LogP contribution is -2.11. The molecular formula is C22H15F3N2O. The number of ether oxygens (including phenoxy) is 1. The number of methoxy groups -OCH3 is 1. The van der Waals surface area contributed by atoms with E-state index in [0.717, 1.165) is 35.2 Å². The van der Waals surface area contributed by atoms with Crippen LogP contribution >= 0.6 is 0 Å². The molecule has 0 fully saturated rings. The van der Waals surface area contributed by atoms with E-state index in [0.29, 0.717) is 23.2 Å². The standard InChI is InChI=1S/C22H15F3N2O/c1-28-21-18(12-26)19(14-6-9-15(10-7-14)22(23,24)25)17-11-8-13-4-2-3-5-16(13)20(17)27-21/h2-7,9-10H,8,11H2,1H3. The fraction of sp³-hybridized carbons (Fsp3) is 0.182. The van der Waals surface area contributed by atoms with E-state index in [4.69, 9.17) is 4.74 Å². The molecule has 28 heavy (non-hydrogen) atoms. The van der Waals surface area contributed by atoms with Gasteiger partial charge in [-0.25, -0.2) is 4.98 Å². The number of nitriles is 1. The summed E-state index contributed by atoms with van der Waals surface area (Å²) in [5.41, 5.74) is 4.32. The van der Waals surface area contributed by atoms with Crippen LogP contribution in [0.25, 0.3) is 22.4 Å². The van der Waals surface area contributed by atoms with Crippen LogP contribution in [0, 0.1) is 11.3 Å². The van der Waals surface area contributed by atoms with Gasteiger partial charge in [0.15, 0.2) is 0 Å². The third kappa shape index (κ3) is 2.89. The number of aryl methyl sites for hydroxylation is 1. The molecule has 6 heteroatoms. The Balaban J connectivity index is 1.99. The first kappa shape index (κ1) is 18.1. The van der Waals surface area contributed by atoms with Crippen molar-refractivity contribution in [1.29, 1.82) is 5.26 Å². The van der Waals surface area contributed by atoms with Crippen LogP contribution in [-0.2, 0) is 19.0 Å². The third-order valence-electron chi connectivity index (χ3n) is 4.99. The molecule has 0 atom stereocenters. The maximum Gasteiger partial charge on any atom is 0.416 e. The van der Waals surface area contributed by atoms with E-state index in [9.17, 15) is 18.4 Å². The highest BCUT2D eigenvalue weighted by Crippen LogP contribution is 2.42. The predicted octanol–water partition coefficient (Wildman–Crippen LogP) is 5.41. The minimum absolute atomic E-state index is 0.174. The Bertz CT molecular complexity index is 1100. The second-order valence-electron chi connectivity index (χ2n) is 6.54. The van der Waals surface area contributed by atoms with Crippen molar-refractivity contribution in [3.63, 3.8) is 0 Å². The molecule has 3 aromatic rings. The number of aromatic nitrogens is 1. The summed E-state index contributed by atoms with van der Waals surface area (Å²) < 4.78 is 44.2. The minimum atomic E-state index is -4.41. The van der Waals surface area contributed by atoms with Crippen molar-refractivity contribution in [2.75, 3.05) is 7.11 Å². The number of rotatable bonds is 2.